The van der Waals surface area contributed by atoms with Crippen LogP contribution in [-0.4, -0.2) is 61.1 Å². The molecular formula is C24H26ClFN4O3. The molecule has 174 valence electrons. The number of hydrogen-bond donors (Lipinski definition) is 2. The molecule has 7 nitrogen and oxygen atoms in total. The van der Waals surface area contributed by atoms with Crippen LogP contribution in [0.15, 0.2) is 36.4 Å². The molecule has 0 saturated carbocycles. The number of rotatable bonds is 6. The Morgan fingerprint density at radius 3 is 2.64 bits per heavy atom. The Hall–Kier alpha value is -3.10. The van der Waals surface area contributed by atoms with Crippen LogP contribution in [-0.2, 0) is 9.53 Å². The van der Waals surface area contributed by atoms with E-state index in [4.69, 9.17) is 16.3 Å². The molecule has 0 atom stereocenters. The molecule has 33 heavy (non-hydrogen) atoms. The highest BCUT2D eigenvalue weighted by Crippen LogP contribution is 2.29. The van der Waals surface area contributed by atoms with E-state index in [1.54, 1.807) is 6.92 Å². The topological polar surface area (TPSA) is 77.7 Å². The van der Waals surface area contributed by atoms with Crippen LogP contribution < -0.4 is 10.2 Å². The van der Waals surface area contributed by atoms with Crippen molar-refractivity contribution in [3.8, 4) is 0 Å². The van der Waals surface area contributed by atoms with Gasteiger partial charge in [0.25, 0.3) is 0 Å². The molecule has 0 unspecified atom stereocenters. The highest BCUT2D eigenvalue weighted by Gasteiger charge is 2.24. The molecule has 1 aromatic heterocycles. The lowest BCUT2D eigenvalue weighted by molar-refractivity contribution is -0.117. The zero-order valence-electron chi connectivity index (χ0n) is 18.6. The van der Waals surface area contributed by atoms with Crippen molar-refractivity contribution in [2.24, 2.45) is 0 Å². The molecule has 3 aromatic rings. The van der Waals surface area contributed by atoms with Gasteiger partial charge in [0.1, 0.15) is 11.5 Å². The quantitative estimate of drug-likeness (QED) is 0.525. The minimum absolute atomic E-state index is 0.104. The van der Waals surface area contributed by atoms with Gasteiger partial charge >= 0.3 is 5.97 Å². The summed E-state index contributed by atoms with van der Waals surface area (Å²) in [5, 5.41) is 3.92. The molecule has 2 N–H and O–H groups in total. The van der Waals surface area contributed by atoms with Gasteiger partial charge in [-0.1, -0.05) is 17.7 Å². The first kappa shape index (κ1) is 23.1. The number of benzene rings is 2. The Labute approximate surface area is 196 Å². The fourth-order valence-electron chi connectivity index (χ4n) is 4.10. The molecule has 2 heterocycles. The first-order valence-electron chi connectivity index (χ1n) is 10.9. The summed E-state index contributed by atoms with van der Waals surface area (Å²) in [5.41, 5.74) is 3.14. The molecule has 1 aliphatic rings. The third-order valence-electron chi connectivity index (χ3n) is 5.76. The molecule has 0 aliphatic carbocycles. The van der Waals surface area contributed by atoms with Crippen molar-refractivity contribution in [1.29, 1.82) is 0 Å². The third kappa shape index (κ3) is 5.12. The molecule has 0 bridgehead atoms. The minimum Gasteiger partial charge on any atom is -0.461 e. The van der Waals surface area contributed by atoms with Crippen molar-refractivity contribution in [2.75, 3.05) is 49.5 Å². The highest BCUT2D eigenvalue weighted by molar-refractivity contribution is 6.30. The average molecular weight is 473 g/mol. The van der Waals surface area contributed by atoms with Crippen LogP contribution in [0, 0.1) is 12.7 Å². The summed E-state index contributed by atoms with van der Waals surface area (Å²) < 4.78 is 18.9. The third-order valence-corrected chi connectivity index (χ3v) is 5.99. The monoisotopic (exact) mass is 472 g/mol. The van der Waals surface area contributed by atoms with Crippen molar-refractivity contribution >= 4 is 45.8 Å². The molecular weight excluding hydrogens is 447 g/mol. The Bertz CT molecular complexity index is 1190. The Morgan fingerprint density at radius 2 is 1.91 bits per heavy atom. The fraction of sp³-hybridized carbons (Fsp3) is 0.333. The summed E-state index contributed by atoms with van der Waals surface area (Å²) in [7, 11) is 0. The van der Waals surface area contributed by atoms with Gasteiger partial charge in [0.05, 0.1) is 18.8 Å². The van der Waals surface area contributed by atoms with E-state index in [0.29, 0.717) is 29.0 Å². The lowest BCUT2D eigenvalue weighted by Crippen LogP contribution is -2.48. The predicted molar refractivity (Wildman–Crippen MR) is 128 cm³/mol. The van der Waals surface area contributed by atoms with Crippen LogP contribution in [0.5, 0.6) is 0 Å². The zero-order chi connectivity index (χ0) is 23.5. The molecule has 1 fully saturated rings. The number of esters is 1. The van der Waals surface area contributed by atoms with Gasteiger partial charge in [0.15, 0.2) is 0 Å². The zero-order valence-corrected chi connectivity index (χ0v) is 19.3. The van der Waals surface area contributed by atoms with Crippen LogP contribution in [0.1, 0.15) is 23.0 Å². The predicted octanol–water partition coefficient (Wildman–Crippen LogP) is 4.21. The summed E-state index contributed by atoms with van der Waals surface area (Å²) >= 11 is 6.16. The van der Waals surface area contributed by atoms with Crippen molar-refractivity contribution in [2.45, 2.75) is 13.8 Å². The van der Waals surface area contributed by atoms with Crippen LogP contribution in [0.3, 0.4) is 0 Å². The second kappa shape index (κ2) is 9.80. The van der Waals surface area contributed by atoms with E-state index in [-0.39, 0.29) is 30.4 Å². The maximum atomic E-state index is 13.9. The number of carbonyl (C=O) groups is 2. The van der Waals surface area contributed by atoms with Crippen molar-refractivity contribution < 1.29 is 18.7 Å². The highest BCUT2D eigenvalue weighted by atomic mass is 35.5. The van der Waals surface area contributed by atoms with Gasteiger partial charge < -0.3 is 19.9 Å². The fourth-order valence-corrected chi connectivity index (χ4v) is 4.27. The van der Waals surface area contributed by atoms with E-state index in [1.165, 1.54) is 18.2 Å². The van der Waals surface area contributed by atoms with E-state index in [0.717, 1.165) is 24.3 Å². The first-order valence-corrected chi connectivity index (χ1v) is 11.2. The van der Waals surface area contributed by atoms with Gasteiger partial charge in [0.2, 0.25) is 5.91 Å². The number of nitrogens with zero attached hydrogens (tertiary/aromatic N) is 2. The van der Waals surface area contributed by atoms with Gasteiger partial charge in [0, 0.05) is 47.8 Å². The Balaban J connectivity index is 1.44. The molecule has 9 heteroatoms. The maximum Gasteiger partial charge on any atom is 0.356 e. The van der Waals surface area contributed by atoms with E-state index in [9.17, 15) is 14.0 Å². The molecule has 1 amide bonds. The summed E-state index contributed by atoms with van der Waals surface area (Å²) in [6.07, 6.45) is 0. The Kier molecular flexibility index (Phi) is 6.85. The number of halogens is 2. The van der Waals surface area contributed by atoms with E-state index < -0.39 is 11.8 Å². The van der Waals surface area contributed by atoms with E-state index >= 15 is 0 Å². The van der Waals surface area contributed by atoms with Crippen LogP contribution >= 0.6 is 11.6 Å². The van der Waals surface area contributed by atoms with Gasteiger partial charge in [-0.2, -0.15) is 0 Å². The second-order valence-corrected chi connectivity index (χ2v) is 8.46. The number of aromatic nitrogens is 1. The number of nitrogens with one attached hydrogen (secondary N) is 2. The lowest BCUT2D eigenvalue weighted by Gasteiger charge is -2.36. The number of aromatic amines is 1. The summed E-state index contributed by atoms with van der Waals surface area (Å²) in [6, 6.07) is 9.95. The second-order valence-electron chi connectivity index (χ2n) is 8.03. The van der Waals surface area contributed by atoms with Crippen molar-refractivity contribution in [1.82, 2.24) is 9.88 Å². The summed E-state index contributed by atoms with van der Waals surface area (Å²) in [5.74, 6) is -1.34. The van der Waals surface area contributed by atoms with Gasteiger partial charge in [-0.15, -0.1) is 0 Å². The number of H-pyrrole nitrogens is 1. The normalized spacial score (nSPS) is 14.5. The molecule has 1 saturated heterocycles. The van der Waals surface area contributed by atoms with Crippen molar-refractivity contribution in [3.05, 3.63) is 58.5 Å². The standard InChI is InChI=1S/C24H26ClFN4O3/c1-3-33-24(32)23-22(18-13-17(26)6-7-19(18)27-23)28-21(31)14-29-8-10-30(11-9-29)20-12-16(25)5-4-15(20)2/h4-7,12-13,27H,3,8-11,14H2,1-2H3,(H,28,31). The largest absolute Gasteiger partial charge is 0.461 e. The minimum atomic E-state index is -0.602. The number of fused-ring (bicyclic) bond motifs is 1. The van der Waals surface area contributed by atoms with E-state index in [2.05, 4.69) is 22.1 Å². The van der Waals surface area contributed by atoms with Gasteiger partial charge in [-0.25, -0.2) is 9.18 Å². The average Bonchev–Trinajstić information content (AvgIpc) is 3.13. The lowest BCUT2D eigenvalue weighted by atomic mass is 10.1. The van der Waals surface area contributed by atoms with Crippen LogP contribution in [0.4, 0.5) is 15.8 Å². The van der Waals surface area contributed by atoms with E-state index in [1.807, 2.05) is 23.1 Å². The molecule has 1 aliphatic heterocycles. The number of anilines is 2. The van der Waals surface area contributed by atoms with Gasteiger partial charge in [-0.05, 0) is 49.7 Å². The summed E-state index contributed by atoms with van der Waals surface area (Å²) in [6.45, 7) is 7.03. The number of aryl methyl sites for hydroxylation is 1. The SMILES string of the molecule is CCOC(=O)c1[nH]c2ccc(F)cc2c1NC(=O)CN1CCN(c2cc(Cl)ccc2C)CC1. The van der Waals surface area contributed by atoms with Crippen LogP contribution in [0.25, 0.3) is 10.9 Å². The smallest absolute Gasteiger partial charge is 0.356 e. The number of ether oxygens (including phenoxy) is 1. The molecule has 2 aromatic carbocycles. The number of piperazine rings is 1. The van der Waals surface area contributed by atoms with Crippen LogP contribution in [0.2, 0.25) is 5.02 Å². The number of hydrogen-bond acceptors (Lipinski definition) is 5. The number of carbonyl (C=O) groups excluding carboxylic acids is 2. The van der Waals surface area contributed by atoms with Crippen molar-refractivity contribution in [3.63, 3.8) is 0 Å². The molecule has 0 radical (unpaired) electrons. The molecule has 0 spiro atoms. The molecule has 4 rings (SSSR count). The Morgan fingerprint density at radius 1 is 1.15 bits per heavy atom. The summed E-state index contributed by atoms with van der Waals surface area (Å²) in [4.78, 5) is 32.5. The maximum absolute atomic E-state index is 13.9. The van der Waals surface area contributed by atoms with Gasteiger partial charge in [-0.3, -0.25) is 9.69 Å². The number of amides is 1. The first-order chi connectivity index (χ1) is 15.9.